The SMILES string of the molecule is CCC(CC)N(CCO)CCn1ccnc1C. The summed E-state index contributed by atoms with van der Waals surface area (Å²) in [4.78, 5) is 6.60. The molecule has 1 heterocycles. The molecule has 0 saturated heterocycles. The minimum absolute atomic E-state index is 0.236. The highest BCUT2D eigenvalue weighted by Crippen LogP contribution is 2.08. The van der Waals surface area contributed by atoms with Crippen molar-refractivity contribution < 1.29 is 5.11 Å². The van der Waals surface area contributed by atoms with Crippen molar-refractivity contribution in [1.29, 1.82) is 0 Å². The maximum atomic E-state index is 9.13. The Hall–Kier alpha value is -0.870. The van der Waals surface area contributed by atoms with Gasteiger partial charge in [-0.25, -0.2) is 4.98 Å². The van der Waals surface area contributed by atoms with Gasteiger partial charge >= 0.3 is 0 Å². The first-order chi connectivity index (χ1) is 8.22. The van der Waals surface area contributed by atoms with Crippen LogP contribution in [0.4, 0.5) is 0 Å². The number of imidazole rings is 1. The van der Waals surface area contributed by atoms with Gasteiger partial charge in [-0.2, -0.15) is 0 Å². The van der Waals surface area contributed by atoms with Crippen LogP contribution < -0.4 is 0 Å². The van der Waals surface area contributed by atoms with Crippen molar-refractivity contribution in [3.05, 3.63) is 18.2 Å². The molecule has 0 aromatic carbocycles. The predicted octanol–water partition coefficient (Wildman–Crippen LogP) is 1.67. The summed E-state index contributed by atoms with van der Waals surface area (Å²) in [5.41, 5.74) is 0. The summed E-state index contributed by atoms with van der Waals surface area (Å²) in [6.45, 7) is 9.36. The lowest BCUT2D eigenvalue weighted by atomic mass is 10.1. The van der Waals surface area contributed by atoms with Gasteiger partial charge in [-0.3, -0.25) is 4.90 Å². The molecule has 0 spiro atoms. The van der Waals surface area contributed by atoms with E-state index in [0.717, 1.165) is 38.3 Å². The second-order valence-corrected chi connectivity index (χ2v) is 4.40. The van der Waals surface area contributed by atoms with Crippen molar-refractivity contribution in [3.63, 3.8) is 0 Å². The molecule has 0 aliphatic rings. The fourth-order valence-corrected chi connectivity index (χ4v) is 2.29. The van der Waals surface area contributed by atoms with Crippen molar-refractivity contribution in [1.82, 2.24) is 14.5 Å². The number of nitrogens with zero attached hydrogens (tertiary/aromatic N) is 3. The summed E-state index contributed by atoms with van der Waals surface area (Å²) in [5, 5.41) is 9.13. The van der Waals surface area contributed by atoms with Crippen molar-refractivity contribution in [3.8, 4) is 0 Å². The molecule has 1 rings (SSSR count). The average molecular weight is 239 g/mol. The van der Waals surface area contributed by atoms with Gasteiger partial charge in [0.25, 0.3) is 0 Å². The molecular weight excluding hydrogens is 214 g/mol. The van der Waals surface area contributed by atoms with Gasteiger partial charge in [0.2, 0.25) is 0 Å². The molecule has 0 unspecified atom stereocenters. The molecule has 0 amide bonds. The van der Waals surface area contributed by atoms with Gasteiger partial charge in [-0.15, -0.1) is 0 Å². The van der Waals surface area contributed by atoms with E-state index >= 15 is 0 Å². The Morgan fingerprint density at radius 1 is 1.35 bits per heavy atom. The summed E-state index contributed by atoms with van der Waals surface area (Å²) < 4.78 is 2.16. The van der Waals surface area contributed by atoms with Crippen LogP contribution in [0.1, 0.15) is 32.5 Å². The maximum Gasteiger partial charge on any atom is 0.105 e. The van der Waals surface area contributed by atoms with Crippen LogP contribution in [0, 0.1) is 6.92 Å². The van der Waals surface area contributed by atoms with Crippen LogP contribution in [-0.4, -0.2) is 45.3 Å². The summed E-state index contributed by atoms with van der Waals surface area (Å²) in [6.07, 6.45) is 6.13. The number of rotatable bonds is 8. The highest BCUT2D eigenvalue weighted by molar-refractivity contribution is 4.88. The smallest absolute Gasteiger partial charge is 0.105 e. The second-order valence-electron chi connectivity index (χ2n) is 4.40. The van der Waals surface area contributed by atoms with Crippen molar-refractivity contribution in [2.75, 3.05) is 19.7 Å². The molecule has 0 fully saturated rings. The minimum Gasteiger partial charge on any atom is -0.395 e. The van der Waals surface area contributed by atoms with E-state index in [1.165, 1.54) is 0 Å². The third-order valence-corrected chi connectivity index (χ3v) is 3.40. The second kappa shape index (κ2) is 7.45. The largest absolute Gasteiger partial charge is 0.395 e. The van der Waals surface area contributed by atoms with Gasteiger partial charge in [-0.05, 0) is 19.8 Å². The van der Waals surface area contributed by atoms with E-state index in [2.05, 4.69) is 28.3 Å². The quantitative estimate of drug-likeness (QED) is 0.750. The van der Waals surface area contributed by atoms with Crippen LogP contribution in [-0.2, 0) is 6.54 Å². The fraction of sp³-hybridized carbons (Fsp3) is 0.769. The van der Waals surface area contributed by atoms with E-state index in [-0.39, 0.29) is 6.61 Å². The Labute approximate surface area is 104 Å². The molecule has 0 saturated carbocycles. The molecule has 4 heteroatoms. The van der Waals surface area contributed by atoms with Gasteiger partial charge < -0.3 is 9.67 Å². The van der Waals surface area contributed by atoms with Crippen LogP contribution in [0.25, 0.3) is 0 Å². The lowest BCUT2D eigenvalue weighted by molar-refractivity contribution is 0.139. The zero-order valence-electron chi connectivity index (χ0n) is 11.3. The summed E-state index contributed by atoms with van der Waals surface area (Å²) >= 11 is 0. The van der Waals surface area contributed by atoms with Crippen LogP contribution in [0.15, 0.2) is 12.4 Å². The molecular formula is C13H25N3O. The lowest BCUT2D eigenvalue weighted by Crippen LogP contribution is -2.38. The number of aromatic nitrogens is 2. The number of hydrogen-bond donors (Lipinski definition) is 1. The van der Waals surface area contributed by atoms with Crippen LogP contribution >= 0.6 is 0 Å². The number of aryl methyl sites for hydroxylation is 1. The molecule has 17 heavy (non-hydrogen) atoms. The average Bonchev–Trinajstić information content (AvgIpc) is 2.73. The van der Waals surface area contributed by atoms with Gasteiger partial charge in [0.1, 0.15) is 5.82 Å². The number of aliphatic hydroxyl groups excluding tert-OH is 1. The van der Waals surface area contributed by atoms with E-state index in [0.29, 0.717) is 6.04 Å². The monoisotopic (exact) mass is 239 g/mol. The van der Waals surface area contributed by atoms with Gasteiger partial charge in [-0.1, -0.05) is 13.8 Å². The number of hydrogen-bond acceptors (Lipinski definition) is 3. The summed E-state index contributed by atoms with van der Waals surface area (Å²) in [6, 6.07) is 0.575. The third-order valence-electron chi connectivity index (χ3n) is 3.40. The van der Waals surface area contributed by atoms with E-state index in [9.17, 15) is 0 Å². The Balaban J connectivity index is 2.52. The molecule has 0 atom stereocenters. The predicted molar refractivity (Wildman–Crippen MR) is 70.0 cm³/mol. The number of aliphatic hydroxyl groups is 1. The molecule has 0 aliphatic carbocycles. The van der Waals surface area contributed by atoms with Gasteiger partial charge in [0.05, 0.1) is 6.61 Å². The van der Waals surface area contributed by atoms with Crippen LogP contribution in [0.2, 0.25) is 0 Å². The molecule has 0 radical (unpaired) electrons. The zero-order chi connectivity index (χ0) is 12.7. The molecule has 1 aromatic rings. The van der Waals surface area contributed by atoms with Crippen molar-refractivity contribution >= 4 is 0 Å². The zero-order valence-corrected chi connectivity index (χ0v) is 11.3. The van der Waals surface area contributed by atoms with Crippen molar-refractivity contribution in [2.24, 2.45) is 0 Å². The first-order valence-corrected chi connectivity index (χ1v) is 6.55. The normalized spacial score (nSPS) is 11.6. The topological polar surface area (TPSA) is 41.3 Å². The highest BCUT2D eigenvalue weighted by atomic mass is 16.3. The molecule has 0 aliphatic heterocycles. The standard InChI is InChI=1S/C13H25N3O/c1-4-13(5-2)16(10-11-17)9-8-15-7-6-14-12(15)3/h6-7,13,17H,4-5,8-11H2,1-3H3. The van der Waals surface area contributed by atoms with Gasteiger partial charge in [0, 0.05) is 38.1 Å². The molecule has 98 valence electrons. The van der Waals surface area contributed by atoms with E-state index in [4.69, 9.17) is 5.11 Å². The first kappa shape index (κ1) is 14.2. The highest BCUT2D eigenvalue weighted by Gasteiger charge is 2.14. The minimum atomic E-state index is 0.236. The Bertz CT molecular complexity index is 307. The van der Waals surface area contributed by atoms with E-state index < -0.39 is 0 Å². The Kier molecular flexibility index (Phi) is 6.22. The molecule has 1 aromatic heterocycles. The van der Waals surface area contributed by atoms with Crippen molar-refractivity contribution in [2.45, 2.75) is 46.2 Å². The molecule has 4 nitrogen and oxygen atoms in total. The lowest BCUT2D eigenvalue weighted by Gasteiger charge is -2.30. The van der Waals surface area contributed by atoms with Crippen LogP contribution in [0.3, 0.4) is 0 Å². The summed E-state index contributed by atoms with van der Waals surface area (Å²) in [7, 11) is 0. The van der Waals surface area contributed by atoms with E-state index in [1.807, 2.05) is 19.3 Å². The summed E-state index contributed by atoms with van der Waals surface area (Å²) in [5.74, 6) is 1.05. The molecule has 0 bridgehead atoms. The van der Waals surface area contributed by atoms with E-state index in [1.54, 1.807) is 0 Å². The maximum absolute atomic E-state index is 9.13. The molecule has 1 N–H and O–H groups in total. The Morgan fingerprint density at radius 2 is 2.06 bits per heavy atom. The Morgan fingerprint density at radius 3 is 2.53 bits per heavy atom. The fourth-order valence-electron chi connectivity index (χ4n) is 2.29. The van der Waals surface area contributed by atoms with Crippen LogP contribution in [0.5, 0.6) is 0 Å². The van der Waals surface area contributed by atoms with Gasteiger partial charge in [0.15, 0.2) is 0 Å². The first-order valence-electron chi connectivity index (χ1n) is 6.55. The third kappa shape index (κ3) is 4.13.